The number of rotatable bonds is 1. The van der Waals surface area contributed by atoms with Crippen molar-refractivity contribution in [3.63, 3.8) is 0 Å². The maximum absolute atomic E-state index is 4.08. The fourth-order valence-electron chi connectivity index (χ4n) is 1.21. The minimum absolute atomic E-state index is 0.899. The van der Waals surface area contributed by atoms with Crippen LogP contribution in [-0.2, 0) is 14.1 Å². The molecule has 0 saturated carbocycles. The van der Waals surface area contributed by atoms with Gasteiger partial charge in [0.2, 0.25) is 0 Å². The Labute approximate surface area is 76.0 Å². The second-order valence-corrected chi connectivity index (χ2v) is 3.05. The number of hydrogen-bond acceptors (Lipinski definition) is 3. The standard InChI is InChI=1S/C8H11N5/c1-6-8(10-11-13(6)3)7-4-9-12(2)5-7/h4-5H,1-3H3. The highest BCUT2D eigenvalue weighted by Crippen LogP contribution is 2.18. The van der Waals surface area contributed by atoms with E-state index in [-0.39, 0.29) is 0 Å². The number of aromatic nitrogens is 5. The van der Waals surface area contributed by atoms with E-state index in [2.05, 4.69) is 15.4 Å². The number of hydrogen-bond donors (Lipinski definition) is 0. The lowest BCUT2D eigenvalue weighted by Gasteiger charge is -1.92. The van der Waals surface area contributed by atoms with Crippen molar-refractivity contribution in [3.8, 4) is 11.3 Å². The van der Waals surface area contributed by atoms with Crippen molar-refractivity contribution in [2.45, 2.75) is 6.92 Å². The van der Waals surface area contributed by atoms with Crippen LogP contribution in [-0.4, -0.2) is 24.8 Å². The van der Waals surface area contributed by atoms with Crippen LogP contribution in [0.3, 0.4) is 0 Å². The van der Waals surface area contributed by atoms with E-state index < -0.39 is 0 Å². The molecule has 2 rings (SSSR count). The van der Waals surface area contributed by atoms with Crippen LogP contribution in [0.5, 0.6) is 0 Å². The van der Waals surface area contributed by atoms with Gasteiger partial charge in [-0.1, -0.05) is 5.21 Å². The Morgan fingerprint density at radius 1 is 1.31 bits per heavy atom. The van der Waals surface area contributed by atoms with E-state index in [4.69, 9.17) is 0 Å². The Morgan fingerprint density at radius 3 is 2.54 bits per heavy atom. The first-order valence-corrected chi connectivity index (χ1v) is 4.04. The Bertz CT molecular complexity index is 425. The molecule has 0 aliphatic carbocycles. The van der Waals surface area contributed by atoms with Gasteiger partial charge in [0.15, 0.2) is 0 Å². The molecule has 0 atom stereocenters. The summed E-state index contributed by atoms with van der Waals surface area (Å²) in [5.41, 5.74) is 2.96. The molecule has 0 aliphatic rings. The third kappa shape index (κ3) is 1.22. The van der Waals surface area contributed by atoms with Crippen LogP contribution in [0.1, 0.15) is 5.69 Å². The lowest BCUT2D eigenvalue weighted by molar-refractivity contribution is 0.696. The van der Waals surface area contributed by atoms with Crippen molar-refractivity contribution in [2.24, 2.45) is 14.1 Å². The fraction of sp³-hybridized carbons (Fsp3) is 0.375. The number of aryl methyl sites for hydroxylation is 2. The van der Waals surface area contributed by atoms with E-state index in [0.29, 0.717) is 0 Å². The van der Waals surface area contributed by atoms with Gasteiger partial charge < -0.3 is 0 Å². The molecule has 0 fully saturated rings. The molecule has 0 aromatic carbocycles. The van der Waals surface area contributed by atoms with Gasteiger partial charge in [-0.3, -0.25) is 9.36 Å². The SMILES string of the molecule is Cc1c(-c2cnn(C)c2)nnn1C. The van der Waals surface area contributed by atoms with Crippen LogP contribution in [0.15, 0.2) is 12.4 Å². The third-order valence-electron chi connectivity index (χ3n) is 2.09. The van der Waals surface area contributed by atoms with Gasteiger partial charge in [0, 0.05) is 25.9 Å². The summed E-state index contributed by atoms with van der Waals surface area (Å²) in [5, 5.41) is 12.1. The molecule has 0 unspecified atom stereocenters. The minimum atomic E-state index is 0.899. The third-order valence-corrected chi connectivity index (χ3v) is 2.09. The second-order valence-electron chi connectivity index (χ2n) is 3.05. The molecule has 0 amide bonds. The molecule has 68 valence electrons. The van der Waals surface area contributed by atoms with E-state index >= 15 is 0 Å². The maximum atomic E-state index is 4.08. The lowest BCUT2D eigenvalue weighted by atomic mass is 10.2. The molecule has 0 spiro atoms. The summed E-state index contributed by atoms with van der Waals surface area (Å²) in [7, 11) is 3.76. The molecule has 2 aromatic heterocycles. The molecule has 0 bridgehead atoms. The summed E-state index contributed by atoms with van der Waals surface area (Å²) >= 11 is 0. The Hall–Kier alpha value is -1.65. The summed E-state index contributed by atoms with van der Waals surface area (Å²) in [6, 6.07) is 0. The predicted octanol–water partition coefficient (Wildman–Crippen LogP) is 0.524. The van der Waals surface area contributed by atoms with Gasteiger partial charge in [0.1, 0.15) is 5.69 Å². The van der Waals surface area contributed by atoms with Gasteiger partial charge in [-0.2, -0.15) is 5.10 Å². The quantitative estimate of drug-likeness (QED) is 0.638. The summed E-state index contributed by atoms with van der Waals surface area (Å²) in [4.78, 5) is 0. The van der Waals surface area contributed by atoms with Gasteiger partial charge >= 0.3 is 0 Å². The van der Waals surface area contributed by atoms with E-state index in [9.17, 15) is 0 Å². The largest absolute Gasteiger partial charge is 0.275 e. The summed E-state index contributed by atoms with van der Waals surface area (Å²) in [6.07, 6.45) is 3.72. The summed E-state index contributed by atoms with van der Waals surface area (Å²) in [5.74, 6) is 0. The van der Waals surface area contributed by atoms with Gasteiger partial charge in [-0.05, 0) is 6.92 Å². The molecule has 0 radical (unpaired) electrons. The molecule has 5 nitrogen and oxygen atoms in total. The fourth-order valence-corrected chi connectivity index (χ4v) is 1.21. The molecule has 2 aromatic rings. The summed E-state index contributed by atoms with van der Waals surface area (Å²) in [6.45, 7) is 1.99. The van der Waals surface area contributed by atoms with Crippen LogP contribution in [0.25, 0.3) is 11.3 Å². The van der Waals surface area contributed by atoms with E-state index in [1.54, 1.807) is 15.6 Å². The van der Waals surface area contributed by atoms with Crippen LogP contribution in [0.4, 0.5) is 0 Å². The monoisotopic (exact) mass is 177 g/mol. The molecule has 0 saturated heterocycles. The van der Waals surface area contributed by atoms with E-state index in [0.717, 1.165) is 17.0 Å². The van der Waals surface area contributed by atoms with Gasteiger partial charge in [0.25, 0.3) is 0 Å². The first-order chi connectivity index (χ1) is 6.18. The Morgan fingerprint density at radius 2 is 2.08 bits per heavy atom. The van der Waals surface area contributed by atoms with E-state index in [1.807, 2.05) is 27.2 Å². The highest BCUT2D eigenvalue weighted by atomic mass is 15.4. The van der Waals surface area contributed by atoms with Crippen LogP contribution in [0.2, 0.25) is 0 Å². The van der Waals surface area contributed by atoms with E-state index in [1.165, 1.54) is 0 Å². The predicted molar refractivity (Wildman–Crippen MR) is 47.9 cm³/mol. The molecule has 2 heterocycles. The highest BCUT2D eigenvalue weighted by Gasteiger charge is 2.09. The molecular formula is C8H11N5. The van der Waals surface area contributed by atoms with Gasteiger partial charge in [-0.25, -0.2) is 0 Å². The summed E-state index contributed by atoms with van der Waals surface area (Å²) < 4.78 is 3.51. The highest BCUT2D eigenvalue weighted by molar-refractivity contribution is 5.58. The topological polar surface area (TPSA) is 48.5 Å². The van der Waals surface area contributed by atoms with Crippen molar-refractivity contribution in [1.82, 2.24) is 24.8 Å². The van der Waals surface area contributed by atoms with Crippen molar-refractivity contribution in [1.29, 1.82) is 0 Å². The zero-order valence-electron chi connectivity index (χ0n) is 7.89. The van der Waals surface area contributed by atoms with Crippen molar-refractivity contribution < 1.29 is 0 Å². The maximum Gasteiger partial charge on any atom is 0.119 e. The number of nitrogens with zero attached hydrogens (tertiary/aromatic N) is 5. The Balaban J connectivity index is 2.52. The molecular weight excluding hydrogens is 166 g/mol. The normalized spacial score (nSPS) is 10.7. The molecule has 13 heavy (non-hydrogen) atoms. The van der Waals surface area contributed by atoms with Crippen LogP contribution < -0.4 is 0 Å². The zero-order chi connectivity index (χ0) is 9.42. The lowest BCUT2D eigenvalue weighted by Crippen LogP contribution is -1.92. The zero-order valence-corrected chi connectivity index (χ0v) is 7.89. The van der Waals surface area contributed by atoms with Crippen molar-refractivity contribution in [3.05, 3.63) is 18.1 Å². The molecule has 0 N–H and O–H groups in total. The average Bonchev–Trinajstić information content (AvgIpc) is 2.62. The second kappa shape index (κ2) is 2.69. The Kier molecular flexibility index (Phi) is 1.65. The molecule has 5 heteroatoms. The minimum Gasteiger partial charge on any atom is -0.275 e. The average molecular weight is 177 g/mol. The van der Waals surface area contributed by atoms with Gasteiger partial charge in [-0.15, -0.1) is 5.10 Å². The first-order valence-electron chi connectivity index (χ1n) is 4.04. The molecule has 0 aliphatic heterocycles. The van der Waals surface area contributed by atoms with Crippen molar-refractivity contribution >= 4 is 0 Å². The smallest absolute Gasteiger partial charge is 0.119 e. The van der Waals surface area contributed by atoms with Crippen molar-refractivity contribution in [2.75, 3.05) is 0 Å². The first kappa shape index (κ1) is 7.97. The van der Waals surface area contributed by atoms with Gasteiger partial charge in [0.05, 0.1) is 11.9 Å². The van der Waals surface area contributed by atoms with Crippen LogP contribution >= 0.6 is 0 Å². The van der Waals surface area contributed by atoms with Crippen LogP contribution in [0, 0.1) is 6.92 Å².